The first-order valence-electron chi connectivity index (χ1n) is 9.53. The summed E-state index contributed by atoms with van der Waals surface area (Å²) in [5, 5.41) is 2.85. The predicted molar refractivity (Wildman–Crippen MR) is 110 cm³/mol. The molecule has 2 aromatic carbocycles. The van der Waals surface area contributed by atoms with Crippen LogP contribution in [0.25, 0.3) is 0 Å². The van der Waals surface area contributed by atoms with Crippen molar-refractivity contribution in [2.75, 3.05) is 39.7 Å². The van der Waals surface area contributed by atoms with Gasteiger partial charge in [0.2, 0.25) is 11.7 Å². The molecule has 0 aromatic heterocycles. The number of amides is 2. The SMILES string of the molecule is COc1cc(CC(=O)Nc2ccc(C(=O)N3CCCC3)cc2)cc(OC)c1OC. The van der Waals surface area contributed by atoms with Crippen LogP contribution in [0.3, 0.4) is 0 Å². The Kier molecular flexibility index (Phi) is 6.59. The lowest BCUT2D eigenvalue weighted by Crippen LogP contribution is -2.27. The Morgan fingerprint density at radius 2 is 1.52 bits per heavy atom. The molecular weight excluding hydrogens is 372 g/mol. The summed E-state index contributed by atoms with van der Waals surface area (Å²) in [5.74, 6) is 1.34. The van der Waals surface area contributed by atoms with Gasteiger partial charge in [-0.2, -0.15) is 0 Å². The van der Waals surface area contributed by atoms with Crippen molar-refractivity contribution in [3.8, 4) is 17.2 Å². The van der Waals surface area contributed by atoms with Crippen molar-refractivity contribution in [3.63, 3.8) is 0 Å². The van der Waals surface area contributed by atoms with Crippen molar-refractivity contribution in [1.82, 2.24) is 4.90 Å². The Bertz CT molecular complexity index is 848. The van der Waals surface area contributed by atoms with Gasteiger partial charge in [-0.15, -0.1) is 0 Å². The van der Waals surface area contributed by atoms with Crippen molar-refractivity contribution in [2.24, 2.45) is 0 Å². The molecule has 1 aliphatic heterocycles. The number of anilines is 1. The molecule has 0 spiro atoms. The Labute approximate surface area is 170 Å². The van der Waals surface area contributed by atoms with Gasteiger partial charge in [-0.1, -0.05) is 0 Å². The maximum atomic E-state index is 12.5. The van der Waals surface area contributed by atoms with Crippen LogP contribution >= 0.6 is 0 Å². The number of carbonyl (C=O) groups is 2. The summed E-state index contributed by atoms with van der Waals surface area (Å²) in [6.07, 6.45) is 2.26. The summed E-state index contributed by atoms with van der Waals surface area (Å²) < 4.78 is 15.9. The average Bonchev–Trinajstić information content (AvgIpc) is 3.27. The molecule has 1 saturated heterocycles. The first-order valence-corrected chi connectivity index (χ1v) is 9.53. The third-order valence-electron chi connectivity index (χ3n) is 4.90. The van der Waals surface area contributed by atoms with Crippen LogP contribution in [0.2, 0.25) is 0 Å². The maximum Gasteiger partial charge on any atom is 0.253 e. The molecule has 0 saturated carbocycles. The van der Waals surface area contributed by atoms with E-state index < -0.39 is 0 Å². The van der Waals surface area contributed by atoms with Crippen LogP contribution in [-0.4, -0.2) is 51.1 Å². The highest BCUT2D eigenvalue weighted by molar-refractivity contribution is 5.96. The fourth-order valence-corrected chi connectivity index (χ4v) is 3.43. The monoisotopic (exact) mass is 398 g/mol. The summed E-state index contributed by atoms with van der Waals surface area (Å²) in [6.45, 7) is 1.62. The topological polar surface area (TPSA) is 77.1 Å². The van der Waals surface area contributed by atoms with Crippen molar-refractivity contribution >= 4 is 17.5 Å². The van der Waals surface area contributed by atoms with Gasteiger partial charge >= 0.3 is 0 Å². The first-order chi connectivity index (χ1) is 14.0. The fraction of sp³-hybridized carbons (Fsp3) is 0.364. The van der Waals surface area contributed by atoms with Crippen LogP contribution in [0.4, 0.5) is 5.69 Å². The van der Waals surface area contributed by atoms with Crippen LogP contribution in [0.15, 0.2) is 36.4 Å². The van der Waals surface area contributed by atoms with Crippen LogP contribution in [0.1, 0.15) is 28.8 Å². The summed E-state index contributed by atoms with van der Waals surface area (Å²) >= 11 is 0. The summed E-state index contributed by atoms with van der Waals surface area (Å²) in [4.78, 5) is 26.7. The molecule has 0 unspecified atom stereocenters. The number of ether oxygens (including phenoxy) is 3. The maximum absolute atomic E-state index is 12.5. The van der Waals surface area contributed by atoms with E-state index in [1.165, 1.54) is 21.3 Å². The van der Waals surface area contributed by atoms with Gasteiger partial charge < -0.3 is 24.4 Å². The second-order valence-electron chi connectivity index (χ2n) is 6.84. The lowest BCUT2D eigenvalue weighted by molar-refractivity contribution is -0.115. The van der Waals surface area contributed by atoms with Gasteiger partial charge in [0.05, 0.1) is 27.8 Å². The van der Waals surface area contributed by atoms with Gasteiger partial charge in [0.1, 0.15) is 0 Å². The Morgan fingerprint density at radius 3 is 2.03 bits per heavy atom. The van der Waals surface area contributed by atoms with E-state index in [0.29, 0.717) is 28.5 Å². The smallest absolute Gasteiger partial charge is 0.253 e. The minimum atomic E-state index is -0.183. The number of benzene rings is 2. The molecule has 1 heterocycles. The molecular formula is C22H26N2O5. The normalized spacial score (nSPS) is 13.1. The molecule has 1 fully saturated rings. The molecule has 0 bridgehead atoms. The largest absolute Gasteiger partial charge is 0.493 e. The molecule has 1 aliphatic rings. The highest BCUT2D eigenvalue weighted by Gasteiger charge is 2.19. The molecule has 0 aliphatic carbocycles. The minimum Gasteiger partial charge on any atom is -0.493 e. The molecule has 154 valence electrons. The molecule has 0 atom stereocenters. The number of likely N-dealkylation sites (tertiary alicyclic amines) is 1. The second kappa shape index (κ2) is 9.32. The zero-order chi connectivity index (χ0) is 20.8. The zero-order valence-corrected chi connectivity index (χ0v) is 17.0. The number of nitrogens with zero attached hydrogens (tertiary/aromatic N) is 1. The van der Waals surface area contributed by atoms with Crippen molar-refractivity contribution in [2.45, 2.75) is 19.3 Å². The van der Waals surface area contributed by atoms with Gasteiger partial charge in [-0.05, 0) is 54.8 Å². The molecule has 2 aromatic rings. The summed E-state index contributed by atoms with van der Waals surface area (Å²) in [7, 11) is 4.60. The van der Waals surface area contributed by atoms with E-state index in [1.54, 1.807) is 36.4 Å². The molecule has 29 heavy (non-hydrogen) atoms. The molecule has 3 rings (SSSR count). The van der Waals surface area contributed by atoms with Crippen molar-refractivity contribution < 1.29 is 23.8 Å². The van der Waals surface area contributed by atoms with Crippen molar-refractivity contribution in [3.05, 3.63) is 47.5 Å². The highest BCUT2D eigenvalue weighted by atomic mass is 16.5. The minimum absolute atomic E-state index is 0.0396. The third-order valence-corrected chi connectivity index (χ3v) is 4.90. The predicted octanol–water partition coefficient (Wildman–Crippen LogP) is 3.13. The molecule has 7 heteroatoms. The Morgan fingerprint density at radius 1 is 0.931 bits per heavy atom. The standard InChI is InChI=1S/C22H26N2O5/c1-27-18-12-15(13-19(28-2)21(18)29-3)14-20(25)23-17-8-6-16(7-9-17)22(26)24-10-4-5-11-24/h6-9,12-13H,4-5,10-11,14H2,1-3H3,(H,23,25). The van der Waals surface area contributed by atoms with Gasteiger partial charge in [-0.25, -0.2) is 0 Å². The zero-order valence-electron chi connectivity index (χ0n) is 17.0. The van der Waals surface area contributed by atoms with Crippen LogP contribution in [-0.2, 0) is 11.2 Å². The fourth-order valence-electron chi connectivity index (χ4n) is 3.43. The summed E-state index contributed by atoms with van der Waals surface area (Å²) in [5.41, 5.74) is 2.01. The van der Waals surface area contributed by atoms with Gasteiger partial charge in [0.15, 0.2) is 11.5 Å². The van der Waals surface area contributed by atoms with E-state index >= 15 is 0 Å². The Balaban J connectivity index is 1.65. The number of hydrogen-bond donors (Lipinski definition) is 1. The van der Waals surface area contributed by atoms with E-state index in [0.717, 1.165) is 31.5 Å². The van der Waals surface area contributed by atoms with E-state index in [9.17, 15) is 9.59 Å². The quantitative estimate of drug-likeness (QED) is 0.775. The van der Waals surface area contributed by atoms with E-state index in [1.807, 2.05) is 4.90 Å². The van der Waals surface area contributed by atoms with Gasteiger partial charge in [0, 0.05) is 24.3 Å². The van der Waals surface area contributed by atoms with E-state index in [2.05, 4.69) is 5.32 Å². The van der Waals surface area contributed by atoms with Crippen LogP contribution < -0.4 is 19.5 Å². The highest BCUT2D eigenvalue weighted by Crippen LogP contribution is 2.38. The average molecular weight is 398 g/mol. The van der Waals surface area contributed by atoms with Crippen LogP contribution in [0.5, 0.6) is 17.2 Å². The van der Waals surface area contributed by atoms with Crippen molar-refractivity contribution in [1.29, 1.82) is 0 Å². The lowest BCUT2D eigenvalue weighted by Gasteiger charge is -2.15. The second-order valence-corrected chi connectivity index (χ2v) is 6.84. The van der Waals surface area contributed by atoms with E-state index in [4.69, 9.17) is 14.2 Å². The number of hydrogen-bond acceptors (Lipinski definition) is 5. The van der Waals surface area contributed by atoms with Gasteiger partial charge in [-0.3, -0.25) is 9.59 Å². The number of nitrogens with one attached hydrogen (secondary N) is 1. The third kappa shape index (κ3) is 4.80. The van der Waals surface area contributed by atoms with E-state index in [-0.39, 0.29) is 18.2 Å². The Hall–Kier alpha value is -3.22. The molecule has 2 amide bonds. The molecule has 1 N–H and O–H groups in total. The number of carbonyl (C=O) groups excluding carboxylic acids is 2. The number of rotatable bonds is 7. The molecule has 7 nitrogen and oxygen atoms in total. The van der Waals surface area contributed by atoms with Gasteiger partial charge in [0.25, 0.3) is 5.91 Å². The van der Waals surface area contributed by atoms with Crippen LogP contribution in [0, 0.1) is 0 Å². The number of methoxy groups -OCH3 is 3. The lowest BCUT2D eigenvalue weighted by atomic mass is 10.1. The molecule has 0 radical (unpaired) electrons. The first kappa shape index (κ1) is 20.5. The summed E-state index contributed by atoms with van der Waals surface area (Å²) in [6, 6.07) is 10.5.